The molecule has 4 nitrogen and oxygen atoms in total. The van der Waals surface area contributed by atoms with Gasteiger partial charge in [-0.05, 0) is 43.5 Å². The van der Waals surface area contributed by atoms with Crippen LogP contribution in [0.5, 0.6) is 0 Å². The molecule has 3 aromatic rings. The van der Waals surface area contributed by atoms with Crippen molar-refractivity contribution in [1.29, 1.82) is 0 Å². The molecule has 1 atom stereocenters. The molecule has 1 aliphatic heterocycles. The minimum absolute atomic E-state index is 0.181. The molecule has 1 aliphatic rings. The van der Waals surface area contributed by atoms with E-state index in [-0.39, 0.29) is 11.9 Å². The Morgan fingerprint density at radius 2 is 1.42 bits per heavy atom. The Morgan fingerprint density at radius 3 is 2.00 bits per heavy atom. The van der Waals surface area contributed by atoms with E-state index in [0.717, 1.165) is 37.4 Å². The molecule has 1 amide bonds. The third-order valence-corrected chi connectivity index (χ3v) is 5.89. The van der Waals surface area contributed by atoms with Crippen LogP contribution in [0.25, 0.3) is 0 Å². The van der Waals surface area contributed by atoms with Crippen molar-refractivity contribution >= 4 is 17.3 Å². The Morgan fingerprint density at radius 1 is 0.839 bits per heavy atom. The Hall–Kier alpha value is -3.27. The molecule has 0 radical (unpaired) electrons. The number of benzene rings is 3. The zero-order valence-electron chi connectivity index (χ0n) is 18.4. The van der Waals surface area contributed by atoms with Crippen molar-refractivity contribution in [2.45, 2.75) is 39.3 Å². The van der Waals surface area contributed by atoms with Gasteiger partial charge in [0.2, 0.25) is 5.91 Å². The lowest BCUT2D eigenvalue weighted by Gasteiger charge is -2.35. The third-order valence-electron chi connectivity index (χ3n) is 5.89. The molecule has 0 aromatic heterocycles. The fraction of sp³-hybridized carbons (Fsp3) is 0.296. The number of amides is 1. The normalized spacial score (nSPS) is 13.9. The van der Waals surface area contributed by atoms with Crippen LogP contribution >= 0.6 is 0 Å². The minimum Gasteiger partial charge on any atom is -0.379 e. The molecule has 1 saturated heterocycles. The molecule has 1 fully saturated rings. The second-order valence-electron chi connectivity index (χ2n) is 8.45. The summed E-state index contributed by atoms with van der Waals surface area (Å²) in [6.07, 6.45) is 1.76. The first kappa shape index (κ1) is 21.0. The summed E-state index contributed by atoms with van der Waals surface area (Å²) in [6.45, 7) is 6.64. The Kier molecular flexibility index (Phi) is 6.56. The Labute approximate surface area is 185 Å². The number of rotatable bonds is 8. The highest BCUT2D eigenvalue weighted by Crippen LogP contribution is 2.25. The van der Waals surface area contributed by atoms with Crippen molar-refractivity contribution in [3.05, 3.63) is 95.1 Å². The second-order valence-corrected chi connectivity index (χ2v) is 8.45. The molecule has 0 aliphatic carbocycles. The van der Waals surface area contributed by atoms with Gasteiger partial charge in [0, 0.05) is 26.1 Å². The van der Waals surface area contributed by atoms with Crippen LogP contribution in [0.2, 0.25) is 0 Å². The van der Waals surface area contributed by atoms with E-state index in [1.54, 1.807) is 0 Å². The van der Waals surface area contributed by atoms with Crippen molar-refractivity contribution in [2.75, 3.05) is 23.7 Å². The molecule has 0 saturated carbocycles. The summed E-state index contributed by atoms with van der Waals surface area (Å²) in [4.78, 5) is 15.1. The molecule has 4 rings (SSSR count). The fourth-order valence-corrected chi connectivity index (χ4v) is 3.77. The molecular weight excluding hydrogens is 382 g/mol. The maximum Gasteiger partial charge on any atom is 0.245 e. The molecule has 0 bridgehead atoms. The van der Waals surface area contributed by atoms with E-state index in [1.807, 2.05) is 23.1 Å². The van der Waals surface area contributed by atoms with Crippen LogP contribution in [0.3, 0.4) is 0 Å². The van der Waals surface area contributed by atoms with Gasteiger partial charge in [0.25, 0.3) is 0 Å². The summed E-state index contributed by atoms with van der Waals surface area (Å²) in [7, 11) is 0. The van der Waals surface area contributed by atoms with Gasteiger partial charge in [0.05, 0.1) is 11.4 Å². The number of nitrogens with zero attached hydrogens (tertiary/aromatic N) is 1. The van der Waals surface area contributed by atoms with E-state index in [1.165, 1.54) is 22.3 Å². The number of anilines is 2. The molecule has 1 unspecified atom stereocenters. The van der Waals surface area contributed by atoms with E-state index >= 15 is 0 Å². The lowest BCUT2D eigenvalue weighted by Crippen LogP contribution is -2.50. The van der Waals surface area contributed by atoms with E-state index in [2.05, 4.69) is 79.1 Å². The second kappa shape index (κ2) is 9.69. The van der Waals surface area contributed by atoms with E-state index < -0.39 is 0 Å². The van der Waals surface area contributed by atoms with Gasteiger partial charge in [-0.15, -0.1) is 0 Å². The molecule has 1 heterocycles. The number of carbonyl (C=O) groups excluding carboxylic acids is 1. The van der Waals surface area contributed by atoms with Crippen molar-refractivity contribution in [3.8, 4) is 0 Å². The van der Waals surface area contributed by atoms with Gasteiger partial charge >= 0.3 is 0 Å². The van der Waals surface area contributed by atoms with E-state index in [9.17, 15) is 4.79 Å². The number of aryl methyl sites for hydroxylation is 2. The van der Waals surface area contributed by atoms with Crippen LogP contribution in [0, 0.1) is 13.8 Å². The summed E-state index contributed by atoms with van der Waals surface area (Å²) in [5.74, 6) is 0.181. The number of para-hydroxylation sites is 2. The molecule has 2 N–H and O–H groups in total. The van der Waals surface area contributed by atoms with Crippen molar-refractivity contribution in [3.63, 3.8) is 0 Å². The first-order valence-corrected chi connectivity index (χ1v) is 11.1. The highest BCUT2D eigenvalue weighted by molar-refractivity contribution is 5.87. The van der Waals surface area contributed by atoms with Gasteiger partial charge < -0.3 is 15.5 Å². The summed E-state index contributed by atoms with van der Waals surface area (Å²) < 4.78 is 0. The fourth-order valence-electron chi connectivity index (χ4n) is 3.77. The quantitative estimate of drug-likeness (QED) is 0.535. The largest absolute Gasteiger partial charge is 0.379 e. The van der Waals surface area contributed by atoms with E-state index in [4.69, 9.17) is 0 Å². The van der Waals surface area contributed by atoms with Crippen molar-refractivity contribution in [2.24, 2.45) is 0 Å². The maximum atomic E-state index is 13.2. The third kappa shape index (κ3) is 5.46. The summed E-state index contributed by atoms with van der Waals surface area (Å²) in [5, 5.41) is 7.09. The predicted octanol–water partition coefficient (Wildman–Crippen LogP) is 5.17. The van der Waals surface area contributed by atoms with Crippen molar-refractivity contribution < 1.29 is 4.79 Å². The zero-order valence-corrected chi connectivity index (χ0v) is 18.4. The first-order valence-electron chi connectivity index (χ1n) is 11.1. The molecule has 31 heavy (non-hydrogen) atoms. The van der Waals surface area contributed by atoms with Crippen LogP contribution in [0.1, 0.15) is 28.7 Å². The van der Waals surface area contributed by atoms with Gasteiger partial charge in [0.1, 0.15) is 6.04 Å². The molecular formula is C27H31N3O. The standard InChI is InChI=1S/C27H31N3O/c1-20-8-12-22(13-9-20)18-26(27(31)30-16-5-17-30)29-25-7-4-3-6-24(25)28-19-23-14-10-21(2)11-15-23/h3-4,6-15,26,28-29H,5,16-19H2,1-2H3. The first-order chi connectivity index (χ1) is 15.1. The summed E-state index contributed by atoms with van der Waals surface area (Å²) in [6, 6.07) is 24.9. The topological polar surface area (TPSA) is 44.4 Å². The summed E-state index contributed by atoms with van der Waals surface area (Å²) in [5.41, 5.74) is 6.85. The Balaban J connectivity index is 1.50. The maximum absolute atomic E-state index is 13.2. The van der Waals surface area contributed by atoms with Gasteiger partial charge in [-0.1, -0.05) is 71.8 Å². The number of hydrogen-bond acceptors (Lipinski definition) is 3. The lowest BCUT2D eigenvalue weighted by molar-refractivity contribution is -0.135. The number of nitrogens with one attached hydrogen (secondary N) is 2. The molecule has 4 heteroatoms. The van der Waals surface area contributed by atoms with Crippen LogP contribution in [0.15, 0.2) is 72.8 Å². The smallest absolute Gasteiger partial charge is 0.245 e. The van der Waals surface area contributed by atoms with Gasteiger partial charge in [-0.25, -0.2) is 0 Å². The predicted molar refractivity (Wildman–Crippen MR) is 128 cm³/mol. The van der Waals surface area contributed by atoms with Crippen LogP contribution in [-0.4, -0.2) is 29.9 Å². The number of carbonyl (C=O) groups is 1. The molecule has 160 valence electrons. The SMILES string of the molecule is Cc1ccc(CNc2ccccc2NC(Cc2ccc(C)cc2)C(=O)N2CCC2)cc1. The lowest BCUT2D eigenvalue weighted by atomic mass is 10.0. The van der Waals surface area contributed by atoms with E-state index in [0.29, 0.717) is 6.42 Å². The van der Waals surface area contributed by atoms with Crippen molar-refractivity contribution in [1.82, 2.24) is 4.90 Å². The Bertz CT molecular complexity index is 1010. The molecule has 3 aromatic carbocycles. The van der Waals surface area contributed by atoms with Crippen LogP contribution < -0.4 is 10.6 Å². The summed E-state index contributed by atoms with van der Waals surface area (Å²) >= 11 is 0. The molecule has 0 spiro atoms. The highest BCUT2D eigenvalue weighted by atomic mass is 16.2. The monoisotopic (exact) mass is 413 g/mol. The zero-order chi connectivity index (χ0) is 21.6. The van der Waals surface area contributed by atoms with Gasteiger partial charge in [-0.3, -0.25) is 4.79 Å². The van der Waals surface area contributed by atoms with Crippen LogP contribution in [0.4, 0.5) is 11.4 Å². The number of hydrogen-bond donors (Lipinski definition) is 2. The van der Waals surface area contributed by atoms with Crippen LogP contribution in [-0.2, 0) is 17.8 Å². The average Bonchev–Trinajstić information content (AvgIpc) is 2.74. The average molecular weight is 414 g/mol. The van der Waals surface area contributed by atoms with Gasteiger partial charge in [-0.2, -0.15) is 0 Å². The highest BCUT2D eigenvalue weighted by Gasteiger charge is 2.28. The van der Waals surface area contributed by atoms with Gasteiger partial charge in [0.15, 0.2) is 0 Å². The minimum atomic E-state index is -0.287. The number of likely N-dealkylation sites (tertiary alicyclic amines) is 1.